The molecule has 1 unspecified atom stereocenters. The van der Waals surface area contributed by atoms with Crippen molar-refractivity contribution < 1.29 is 14.7 Å². The molecule has 0 spiro atoms. The minimum Gasteiger partial charge on any atom is -0.478 e. The fourth-order valence-corrected chi connectivity index (χ4v) is 2.82. The summed E-state index contributed by atoms with van der Waals surface area (Å²) in [4.78, 5) is 25.9. The summed E-state index contributed by atoms with van der Waals surface area (Å²) in [6.07, 6.45) is 3.53. The Kier molecular flexibility index (Phi) is 5.95. The highest BCUT2D eigenvalue weighted by Crippen LogP contribution is 2.21. The summed E-state index contributed by atoms with van der Waals surface area (Å²) in [6.45, 7) is 6.31. The number of carboxylic acids is 1. The maximum Gasteiger partial charge on any atom is 0.328 e. The average molecular weight is 295 g/mol. The Bertz CT molecular complexity index is 505. The van der Waals surface area contributed by atoms with Gasteiger partial charge < -0.3 is 10.0 Å². The summed E-state index contributed by atoms with van der Waals surface area (Å²) >= 11 is 1.31. The van der Waals surface area contributed by atoms with E-state index in [0.29, 0.717) is 10.8 Å². The minimum atomic E-state index is -0.992. The summed E-state index contributed by atoms with van der Waals surface area (Å²) in [7, 11) is 1.81. The smallest absolute Gasteiger partial charge is 0.328 e. The SMILES string of the molecule is CC(C)CC(C)N(C)C(=O)c1ccc(C=CC(=O)O)s1. The van der Waals surface area contributed by atoms with Crippen LogP contribution < -0.4 is 0 Å². The zero-order valence-corrected chi connectivity index (χ0v) is 13.1. The monoisotopic (exact) mass is 295 g/mol. The van der Waals surface area contributed by atoms with Crippen LogP contribution >= 0.6 is 11.3 Å². The van der Waals surface area contributed by atoms with Crippen molar-refractivity contribution in [3.05, 3.63) is 28.0 Å². The van der Waals surface area contributed by atoms with E-state index in [-0.39, 0.29) is 11.9 Å². The van der Waals surface area contributed by atoms with Crippen LogP contribution in [-0.4, -0.2) is 35.0 Å². The lowest BCUT2D eigenvalue weighted by Crippen LogP contribution is -2.35. The Morgan fingerprint density at radius 1 is 1.35 bits per heavy atom. The van der Waals surface area contributed by atoms with E-state index < -0.39 is 5.97 Å². The molecule has 1 heterocycles. The zero-order valence-electron chi connectivity index (χ0n) is 12.3. The molecule has 110 valence electrons. The topological polar surface area (TPSA) is 57.6 Å². The number of nitrogens with zero attached hydrogens (tertiary/aromatic N) is 1. The van der Waals surface area contributed by atoms with Crippen molar-refractivity contribution in [2.45, 2.75) is 33.2 Å². The fourth-order valence-electron chi connectivity index (χ4n) is 1.93. The number of carbonyl (C=O) groups excluding carboxylic acids is 1. The molecule has 1 N–H and O–H groups in total. The van der Waals surface area contributed by atoms with Crippen molar-refractivity contribution >= 4 is 29.3 Å². The third-order valence-corrected chi connectivity index (χ3v) is 4.06. The Labute approximate surface area is 123 Å². The van der Waals surface area contributed by atoms with Crippen molar-refractivity contribution in [1.82, 2.24) is 4.90 Å². The number of rotatable bonds is 6. The van der Waals surface area contributed by atoms with Gasteiger partial charge in [-0.1, -0.05) is 13.8 Å². The van der Waals surface area contributed by atoms with Gasteiger partial charge in [-0.05, 0) is 37.5 Å². The zero-order chi connectivity index (χ0) is 15.3. The summed E-state index contributed by atoms with van der Waals surface area (Å²) in [5.41, 5.74) is 0. The predicted octanol–water partition coefficient (Wildman–Crippen LogP) is 3.35. The molecule has 0 aliphatic rings. The van der Waals surface area contributed by atoms with E-state index in [1.165, 1.54) is 17.4 Å². The van der Waals surface area contributed by atoms with Gasteiger partial charge in [0.1, 0.15) is 0 Å². The van der Waals surface area contributed by atoms with Crippen LogP contribution in [0, 0.1) is 5.92 Å². The molecule has 1 aromatic heterocycles. The third-order valence-electron chi connectivity index (χ3n) is 3.02. The number of carbonyl (C=O) groups is 2. The number of hydrogen-bond donors (Lipinski definition) is 1. The van der Waals surface area contributed by atoms with Crippen LogP contribution in [0.5, 0.6) is 0 Å². The molecule has 20 heavy (non-hydrogen) atoms. The number of carboxylic acid groups (broad SMARTS) is 1. The van der Waals surface area contributed by atoms with Gasteiger partial charge in [-0.3, -0.25) is 4.79 Å². The van der Waals surface area contributed by atoms with Crippen LogP contribution in [0.15, 0.2) is 18.2 Å². The molecule has 0 aliphatic carbocycles. The normalized spacial score (nSPS) is 12.8. The highest BCUT2D eigenvalue weighted by molar-refractivity contribution is 7.14. The molecule has 1 amide bonds. The summed E-state index contributed by atoms with van der Waals surface area (Å²) in [5.74, 6) is -0.468. The summed E-state index contributed by atoms with van der Waals surface area (Å²) in [6, 6.07) is 3.69. The van der Waals surface area contributed by atoms with E-state index in [0.717, 1.165) is 17.4 Å². The first kappa shape index (κ1) is 16.4. The van der Waals surface area contributed by atoms with E-state index in [2.05, 4.69) is 13.8 Å². The Hall–Kier alpha value is -1.62. The third kappa shape index (κ3) is 4.81. The Morgan fingerprint density at radius 2 is 2.00 bits per heavy atom. The van der Waals surface area contributed by atoms with Gasteiger partial charge in [0.05, 0.1) is 4.88 Å². The van der Waals surface area contributed by atoms with Crippen molar-refractivity contribution in [1.29, 1.82) is 0 Å². The van der Waals surface area contributed by atoms with Crippen LogP contribution in [0.4, 0.5) is 0 Å². The van der Waals surface area contributed by atoms with Crippen molar-refractivity contribution in [3.63, 3.8) is 0 Å². The molecule has 1 aromatic rings. The number of aliphatic carboxylic acids is 1. The predicted molar refractivity (Wildman–Crippen MR) is 82.0 cm³/mol. The molecule has 5 heteroatoms. The van der Waals surface area contributed by atoms with Gasteiger partial charge in [-0.25, -0.2) is 4.79 Å². The van der Waals surface area contributed by atoms with Gasteiger partial charge in [-0.15, -0.1) is 11.3 Å². The second kappa shape index (κ2) is 7.24. The molecule has 1 atom stereocenters. The van der Waals surface area contributed by atoms with Gasteiger partial charge in [-0.2, -0.15) is 0 Å². The number of amides is 1. The first-order valence-electron chi connectivity index (χ1n) is 6.59. The van der Waals surface area contributed by atoms with Crippen molar-refractivity contribution in [3.8, 4) is 0 Å². The van der Waals surface area contributed by atoms with E-state index in [1.54, 1.807) is 17.0 Å². The van der Waals surface area contributed by atoms with Crippen LogP contribution in [-0.2, 0) is 4.79 Å². The molecular formula is C15H21NO3S. The summed E-state index contributed by atoms with van der Waals surface area (Å²) < 4.78 is 0. The lowest BCUT2D eigenvalue weighted by atomic mass is 10.0. The molecule has 0 radical (unpaired) electrons. The van der Waals surface area contributed by atoms with Crippen LogP contribution in [0.2, 0.25) is 0 Å². The van der Waals surface area contributed by atoms with Crippen LogP contribution in [0.3, 0.4) is 0 Å². The highest BCUT2D eigenvalue weighted by Gasteiger charge is 2.19. The number of hydrogen-bond acceptors (Lipinski definition) is 3. The van der Waals surface area contributed by atoms with Crippen molar-refractivity contribution in [2.75, 3.05) is 7.05 Å². The van der Waals surface area contributed by atoms with Gasteiger partial charge >= 0.3 is 5.97 Å². The van der Waals surface area contributed by atoms with Gasteiger partial charge in [0, 0.05) is 24.0 Å². The van der Waals surface area contributed by atoms with Gasteiger partial charge in [0.15, 0.2) is 0 Å². The van der Waals surface area contributed by atoms with Crippen molar-refractivity contribution in [2.24, 2.45) is 5.92 Å². The molecule has 0 saturated heterocycles. The fraction of sp³-hybridized carbons (Fsp3) is 0.467. The van der Waals surface area contributed by atoms with E-state index in [1.807, 2.05) is 14.0 Å². The first-order chi connectivity index (χ1) is 9.31. The second-order valence-electron chi connectivity index (χ2n) is 5.27. The molecule has 1 rings (SSSR count). The van der Waals surface area contributed by atoms with Crippen LogP contribution in [0.25, 0.3) is 6.08 Å². The van der Waals surface area contributed by atoms with E-state index in [4.69, 9.17) is 5.11 Å². The lowest BCUT2D eigenvalue weighted by Gasteiger charge is -2.25. The molecule has 0 saturated carbocycles. The molecule has 0 aromatic carbocycles. The molecule has 0 bridgehead atoms. The second-order valence-corrected chi connectivity index (χ2v) is 6.38. The van der Waals surface area contributed by atoms with Gasteiger partial charge in [0.2, 0.25) is 0 Å². The minimum absolute atomic E-state index is 0.0156. The molecule has 0 fully saturated rings. The molecule has 4 nitrogen and oxygen atoms in total. The number of thiophene rings is 1. The summed E-state index contributed by atoms with van der Waals surface area (Å²) in [5, 5.41) is 8.58. The van der Waals surface area contributed by atoms with E-state index >= 15 is 0 Å². The highest BCUT2D eigenvalue weighted by atomic mass is 32.1. The van der Waals surface area contributed by atoms with Crippen LogP contribution in [0.1, 0.15) is 41.7 Å². The maximum absolute atomic E-state index is 12.3. The largest absolute Gasteiger partial charge is 0.478 e. The molecular weight excluding hydrogens is 274 g/mol. The Balaban J connectivity index is 2.75. The standard InChI is InChI=1S/C15H21NO3S/c1-10(2)9-11(3)16(4)15(19)13-7-5-12(20-13)6-8-14(17)18/h5-8,10-11H,9H2,1-4H3,(H,17,18). The van der Waals surface area contributed by atoms with E-state index in [9.17, 15) is 9.59 Å². The molecule has 0 aliphatic heterocycles. The lowest BCUT2D eigenvalue weighted by molar-refractivity contribution is -0.131. The Morgan fingerprint density at radius 3 is 2.55 bits per heavy atom. The maximum atomic E-state index is 12.3. The quantitative estimate of drug-likeness (QED) is 0.819. The first-order valence-corrected chi connectivity index (χ1v) is 7.41. The average Bonchev–Trinajstić information content (AvgIpc) is 2.82. The van der Waals surface area contributed by atoms with Gasteiger partial charge in [0.25, 0.3) is 5.91 Å².